The van der Waals surface area contributed by atoms with Crippen molar-refractivity contribution in [1.82, 2.24) is 4.90 Å². The fourth-order valence-electron chi connectivity index (χ4n) is 5.01. The molecule has 0 unspecified atom stereocenters. The topological polar surface area (TPSA) is 136 Å². The maximum absolute atomic E-state index is 12.6. The first kappa shape index (κ1) is 20.0. The van der Waals surface area contributed by atoms with Crippen LogP contribution in [0.2, 0.25) is 0 Å². The van der Waals surface area contributed by atoms with Crippen LogP contribution >= 0.6 is 0 Å². The lowest BCUT2D eigenvalue weighted by Crippen LogP contribution is -2.35. The lowest BCUT2D eigenvalue weighted by Gasteiger charge is -2.19. The van der Waals surface area contributed by atoms with Gasteiger partial charge in [0.15, 0.2) is 6.61 Å². The van der Waals surface area contributed by atoms with Crippen molar-refractivity contribution in [1.29, 1.82) is 0 Å². The van der Waals surface area contributed by atoms with E-state index in [4.69, 9.17) is 4.74 Å². The van der Waals surface area contributed by atoms with Gasteiger partial charge in [-0.15, -0.1) is 0 Å². The zero-order valence-corrected chi connectivity index (χ0v) is 16.1. The van der Waals surface area contributed by atoms with Gasteiger partial charge in [0.25, 0.3) is 11.6 Å². The van der Waals surface area contributed by atoms with Crippen molar-refractivity contribution >= 4 is 35.1 Å². The molecule has 10 heteroatoms. The Labute approximate surface area is 171 Å². The molecule has 2 bridgehead atoms. The first-order chi connectivity index (χ1) is 14.3. The Kier molecular flexibility index (Phi) is 5.23. The van der Waals surface area contributed by atoms with E-state index in [1.54, 1.807) is 0 Å². The summed E-state index contributed by atoms with van der Waals surface area (Å²) >= 11 is 0. The summed E-state index contributed by atoms with van der Waals surface area (Å²) < 4.78 is 4.90. The Morgan fingerprint density at radius 2 is 1.83 bits per heavy atom. The molecule has 10 nitrogen and oxygen atoms in total. The van der Waals surface area contributed by atoms with E-state index in [0.717, 1.165) is 19.3 Å². The number of nitro groups is 1. The molecule has 2 aliphatic carbocycles. The van der Waals surface area contributed by atoms with Crippen LogP contribution < -0.4 is 5.32 Å². The number of nitrogens with zero attached hydrogens (tertiary/aromatic N) is 2. The van der Waals surface area contributed by atoms with Crippen LogP contribution in [0.25, 0.3) is 0 Å². The Morgan fingerprint density at radius 3 is 2.47 bits per heavy atom. The van der Waals surface area contributed by atoms with Crippen molar-refractivity contribution in [2.75, 3.05) is 18.5 Å². The first-order valence-electron chi connectivity index (χ1n) is 9.90. The lowest BCUT2D eigenvalue weighted by atomic mass is 9.81. The molecule has 1 aromatic rings. The molecule has 30 heavy (non-hydrogen) atoms. The maximum atomic E-state index is 12.6. The number of anilines is 1. The van der Waals surface area contributed by atoms with Gasteiger partial charge in [0, 0.05) is 24.4 Å². The minimum atomic E-state index is -0.704. The van der Waals surface area contributed by atoms with Crippen molar-refractivity contribution in [3.8, 4) is 0 Å². The molecule has 4 atom stereocenters. The van der Waals surface area contributed by atoms with Crippen LogP contribution in [-0.2, 0) is 23.9 Å². The van der Waals surface area contributed by atoms with E-state index in [9.17, 15) is 29.3 Å². The summed E-state index contributed by atoms with van der Waals surface area (Å²) in [7, 11) is 0. The molecule has 1 N–H and O–H groups in total. The van der Waals surface area contributed by atoms with E-state index in [-0.39, 0.29) is 59.8 Å². The number of carbonyl (C=O) groups is 4. The smallest absolute Gasteiger partial charge is 0.308 e. The SMILES string of the molecule is O=C(COC(=O)CCN1C(=O)[C@H]2[C@H]3CC[C@@H](C3)[C@@H]2C1=O)Nc1cccc([N+](=O)[O-])c1. The quantitative estimate of drug-likeness (QED) is 0.308. The average molecular weight is 415 g/mol. The number of hydrogen-bond acceptors (Lipinski definition) is 7. The molecule has 1 heterocycles. The molecule has 1 saturated heterocycles. The first-order valence-corrected chi connectivity index (χ1v) is 9.90. The van der Waals surface area contributed by atoms with Crippen LogP contribution in [0.1, 0.15) is 25.7 Å². The molecule has 0 spiro atoms. The summed E-state index contributed by atoms with van der Waals surface area (Å²) in [5.74, 6) is -1.62. The number of nitrogens with one attached hydrogen (secondary N) is 1. The summed E-state index contributed by atoms with van der Waals surface area (Å²) in [6, 6.07) is 5.37. The summed E-state index contributed by atoms with van der Waals surface area (Å²) in [6.45, 7) is -0.617. The highest BCUT2D eigenvalue weighted by atomic mass is 16.6. The largest absolute Gasteiger partial charge is 0.456 e. The van der Waals surface area contributed by atoms with Crippen LogP contribution in [0.5, 0.6) is 0 Å². The fourth-order valence-corrected chi connectivity index (χ4v) is 5.01. The van der Waals surface area contributed by atoms with Crippen LogP contribution in [0, 0.1) is 33.8 Å². The Hall–Kier alpha value is -3.30. The van der Waals surface area contributed by atoms with Gasteiger partial charge in [-0.05, 0) is 37.2 Å². The fraction of sp³-hybridized carbons (Fsp3) is 0.500. The molecule has 1 aliphatic heterocycles. The molecular formula is C20H21N3O7. The molecule has 158 valence electrons. The Balaban J connectivity index is 1.23. The molecule has 3 fully saturated rings. The number of likely N-dealkylation sites (tertiary alicyclic amines) is 1. The van der Waals surface area contributed by atoms with Gasteiger partial charge in [-0.2, -0.15) is 0 Å². The normalized spacial score (nSPS) is 26.6. The summed E-state index contributed by atoms with van der Waals surface area (Å²) in [4.78, 5) is 60.4. The van der Waals surface area contributed by atoms with Crippen molar-refractivity contribution < 1.29 is 28.8 Å². The monoisotopic (exact) mass is 415 g/mol. The second-order valence-electron chi connectivity index (χ2n) is 7.98. The standard InChI is InChI=1S/C20H21N3O7/c24-15(21-13-2-1-3-14(9-13)23(28)29)10-30-16(25)6-7-22-19(26)17-11-4-5-12(8-11)18(17)20(22)27/h1-3,9,11-12,17-18H,4-8,10H2,(H,21,24)/t11-,12-,17-,18-/m0/s1. The van der Waals surface area contributed by atoms with Crippen molar-refractivity contribution in [3.63, 3.8) is 0 Å². The number of carbonyl (C=O) groups excluding carboxylic acids is 4. The highest BCUT2D eigenvalue weighted by Crippen LogP contribution is 2.56. The van der Waals surface area contributed by atoms with E-state index in [1.807, 2.05) is 0 Å². The van der Waals surface area contributed by atoms with Crippen molar-refractivity contribution in [3.05, 3.63) is 34.4 Å². The Morgan fingerprint density at radius 1 is 1.17 bits per heavy atom. The Bertz CT molecular complexity index is 903. The maximum Gasteiger partial charge on any atom is 0.308 e. The molecule has 3 amide bonds. The van der Waals surface area contributed by atoms with Gasteiger partial charge >= 0.3 is 5.97 Å². The van der Waals surface area contributed by atoms with Gasteiger partial charge in [0.05, 0.1) is 23.2 Å². The third-order valence-corrected chi connectivity index (χ3v) is 6.26. The van der Waals surface area contributed by atoms with Crippen LogP contribution in [0.4, 0.5) is 11.4 Å². The van der Waals surface area contributed by atoms with Gasteiger partial charge in [0.2, 0.25) is 11.8 Å². The van der Waals surface area contributed by atoms with Crippen molar-refractivity contribution in [2.24, 2.45) is 23.7 Å². The summed E-state index contributed by atoms with van der Waals surface area (Å²) in [5, 5.41) is 13.2. The van der Waals surface area contributed by atoms with Gasteiger partial charge in [-0.1, -0.05) is 6.07 Å². The third-order valence-electron chi connectivity index (χ3n) is 6.26. The van der Waals surface area contributed by atoms with E-state index in [0.29, 0.717) is 0 Å². The number of fused-ring (bicyclic) bond motifs is 5. The average Bonchev–Trinajstić information content (AvgIpc) is 3.39. The number of hydrogen-bond donors (Lipinski definition) is 1. The van der Waals surface area contributed by atoms with Gasteiger partial charge in [-0.3, -0.25) is 34.2 Å². The molecule has 0 radical (unpaired) electrons. The minimum absolute atomic E-state index is 0.0462. The number of non-ortho nitro benzene ring substituents is 1. The van der Waals surface area contributed by atoms with E-state index in [2.05, 4.69) is 5.32 Å². The highest BCUT2D eigenvalue weighted by Gasteiger charge is 2.60. The van der Waals surface area contributed by atoms with E-state index >= 15 is 0 Å². The summed E-state index contributed by atoms with van der Waals surface area (Å²) in [5.41, 5.74) is 0.0302. The van der Waals surface area contributed by atoms with E-state index in [1.165, 1.54) is 29.2 Å². The zero-order chi connectivity index (χ0) is 21.4. The molecule has 2 saturated carbocycles. The predicted molar refractivity (Wildman–Crippen MR) is 102 cm³/mol. The number of rotatable bonds is 7. The second-order valence-corrected chi connectivity index (χ2v) is 7.98. The molecule has 4 rings (SSSR count). The van der Waals surface area contributed by atoms with Crippen LogP contribution in [0.3, 0.4) is 0 Å². The van der Waals surface area contributed by atoms with Gasteiger partial charge < -0.3 is 10.1 Å². The van der Waals surface area contributed by atoms with Gasteiger partial charge in [-0.25, -0.2) is 0 Å². The summed E-state index contributed by atoms with van der Waals surface area (Å²) in [6.07, 6.45) is 2.74. The number of benzene rings is 1. The molecular weight excluding hydrogens is 394 g/mol. The number of imide groups is 1. The minimum Gasteiger partial charge on any atom is -0.456 e. The van der Waals surface area contributed by atoms with Gasteiger partial charge in [0.1, 0.15) is 0 Å². The zero-order valence-electron chi connectivity index (χ0n) is 16.1. The van der Waals surface area contributed by atoms with Crippen LogP contribution in [-0.4, -0.2) is 46.7 Å². The van der Waals surface area contributed by atoms with Crippen LogP contribution in [0.15, 0.2) is 24.3 Å². The number of ether oxygens (including phenoxy) is 1. The predicted octanol–water partition coefficient (Wildman–Crippen LogP) is 1.50. The second kappa shape index (κ2) is 7.85. The third kappa shape index (κ3) is 3.64. The number of esters is 1. The number of nitro benzene ring substituents is 1. The van der Waals surface area contributed by atoms with Crippen molar-refractivity contribution in [2.45, 2.75) is 25.7 Å². The lowest BCUT2D eigenvalue weighted by molar-refractivity contribution is -0.384. The molecule has 1 aromatic carbocycles. The molecule has 0 aromatic heterocycles. The highest BCUT2D eigenvalue weighted by molar-refractivity contribution is 6.06. The van der Waals surface area contributed by atoms with E-state index < -0.39 is 23.4 Å². The number of amides is 3. The molecule has 3 aliphatic rings.